The fourth-order valence-electron chi connectivity index (χ4n) is 4.07. The fourth-order valence-corrected chi connectivity index (χ4v) is 4.07. The summed E-state index contributed by atoms with van der Waals surface area (Å²) < 4.78 is 14.1. The molecule has 9 heteroatoms. The van der Waals surface area contributed by atoms with Gasteiger partial charge in [0.25, 0.3) is 5.91 Å². The molecule has 178 valence electrons. The molecule has 35 heavy (non-hydrogen) atoms. The lowest BCUT2D eigenvalue weighted by Gasteiger charge is -2.32. The number of hydrogen-bond donors (Lipinski definition) is 2. The number of halogens is 1. The summed E-state index contributed by atoms with van der Waals surface area (Å²) in [5.74, 6) is -0.218. The number of nitrogens with zero attached hydrogens (tertiary/aromatic N) is 4. The molecule has 1 aliphatic heterocycles. The summed E-state index contributed by atoms with van der Waals surface area (Å²) >= 11 is 0. The SMILES string of the molecule is CN1CCN(C(=O)c2ccc(C(=N)C3CC3)c(Nc3ncc(-c4ccccc4F)cn3)c2)CC1=O. The van der Waals surface area contributed by atoms with Gasteiger partial charge >= 0.3 is 0 Å². The van der Waals surface area contributed by atoms with Gasteiger partial charge in [-0.2, -0.15) is 0 Å². The van der Waals surface area contributed by atoms with Crippen molar-refractivity contribution < 1.29 is 14.0 Å². The minimum absolute atomic E-state index is 0.0400. The van der Waals surface area contributed by atoms with E-state index in [0.29, 0.717) is 46.7 Å². The van der Waals surface area contributed by atoms with Gasteiger partial charge in [0.1, 0.15) is 12.4 Å². The highest BCUT2D eigenvalue weighted by atomic mass is 19.1. The highest BCUT2D eigenvalue weighted by Gasteiger charge is 2.30. The summed E-state index contributed by atoms with van der Waals surface area (Å²) in [5, 5.41) is 11.7. The van der Waals surface area contributed by atoms with Crippen LogP contribution in [0.5, 0.6) is 0 Å². The van der Waals surface area contributed by atoms with Crippen molar-refractivity contribution >= 4 is 29.2 Å². The number of amides is 2. The van der Waals surface area contributed by atoms with Gasteiger partial charge in [-0.3, -0.25) is 9.59 Å². The van der Waals surface area contributed by atoms with E-state index in [2.05, 4.69) is 15.3 Å². The number of hydrogen-bond acceptors (Lipinski definition) is 6. The van der Waals surface area contributed by atoms with E-state index >= 15 is 0 Å². The second kappa shape index (κ2) is 9.25. The van der Waals surface area contributed by atoms with Crippen molar-refractivity contribution in [3.05, 3.63) is 71.8 Å². The van der Waals surface area contributed by atoms with Crippen LogP contribution in [-0.2, 0) is 4.79 Å². The molecule has 1 saturated carbocycles. The molecule has 1 aromatic heterocycles. The van der Waals surface area contributed by atoms with Crippen molar-refractivity contribution in [3.8, 4) is 11.1 Å². The Hall–Kier alpha value is -4.14. The Balaban J connectivity index is 1.42. The number of piperazine rings is 1. The zero-order valence-electron chi connectivity index (χ0n) is 19.3. The van der Waals surface area contributed by atoms with Crippen LogP contribution in [0.25, 0.3) is 11.1 Å². The van der Waals surface area contributed by atoms with Gasteiger partial charge in [-0.1, -0.05) is 24.3 Å². The molecule has 2 aromatic carbocycles. The number of rotatable bonds is 6. The Morgan fingerprint density at radius 1 is 1.11 bits per heavy atom. The number of nitrogens with one attached hydrogen (secondary N) is 2. The second-order valence-electron chi connectivity index (χ2n) is 8.89. The molecule has 1 saturated heterocycles. The summed E-state index contributed by atoms with van der Waals surface area (Å²) in [6, 6.07) is 11.6. The van der Waals surface area contributed by atoms with Gasteiger partial charge in [-0.25, -0.2) is 14.4 Å². The third-order valence-electron chi connectivity index (χ3n) is 6.37. The predicted octanol–water partition coefficient (Wildman–Crippen LogP) is 3.72. The highest BCUT2D eigenvalue weighted by Crippen LogP contribution is 2.35. The van der Waals surface area contributed by atoms with Crippen LogP contribution in [0.2, 0.25) is 0 Å². The van der Waals surface area contributed by atoms with Crippen molar-refractivity contribution in [1.29, 1.82) is 5.41 Å². The van der Waals surface area contributed by atoms with E-state index in [1.807, 2.05) is 0 Å². The Labute approximate surface area is 202 Å². The predicted molar refractivity (Wildman–Crippen MR) is 130 cm³/mol. The Morgan fingerprint density at radius 3 is 2.54 bits per heavy atom. The third-order valence-corrected chi connectivity index (χ3v) is 6.37. The monoisotopic (exact) mass is 472 g/mol. The molecule has 0 bridgehead atoms. The van der Waals surface area contributed by atoms with E-state index in [9.17, 15) is 14.0 Å². The first-order valence-electron chi connectivity index (χ1n) is 11.5. The van der Waals surface area contributed by atoms with E-state index in [4.69, 9.17) is 5.41 Å². The quantitative estimate of drug-likeness (QED) is 0.533. The molecule has 2 heterocycles. The fraction of sp³-hybridized carbons (Fsp3) is 0.269. The van der Waals surface area contributed by atoms with Crippen LogP contribution >= 0.6 is 0 Å². The van der Waals surface area contributed by atoms with Gasteiger partial charge in [-0.15, -0.1) is 0 Å². The summed E-state index contributed by atoms with van der Waals surface area (Å²) in [6.07, 6.45) is 5.00. The summed E-state index contributed by atoms with van der Waals surface area (Å²) in [4.78, 5) is 37.0. The highest BCUT2D eigenvalue weighted by molar-refractivity contribution is 6.07. The van der Waals surface area contributed by atoms with Gasteiger partial charge in [0.2, 0.25) is 11.9 Å². The van der Waals surface area contributed by atoms with Gasteiger partial charge in [0, 0.05) is 66.4 Å². The maximum atomic E-state index is 14.1. The Kier molecular flexibility index (Phi) is 5.98. The average molecular weight is 473 g/mol. The molecule has 0 unspecified atom stereocenters. The number of aromatic nitrogens is 2. The maximum absolute atomic E-state index is 14.1. The molecule has 8 nitrogen and oxygen atoms in total. The lowest BCUT2D eigenvalue weighted by atomic mass is 10.0. The van der Waals surface area contributed by atoms with E-state index in [0.717, 1.165) is 12.8 Å². The molecule has 0 atom stereocenters. The topological polar surface area (TPSA) is 102 Å². The first-order chi connectivity index (χ1) is 16.9. The van der Waals surface area contributed by atoms with Gasteiger partial charge in [-0.05, 0) is 31.0 Å². The smallest absolute Gasteiger partial charge is 0.254 e. The van der Waals surface area contributed by atoms with Gasteiger partial charge in [0.05, 0.1) is 5.69 Å². The molecule has 0 spiro atoms. The molecular formula is C26H25FN6O2. The van der Waals surface area contributed by atoms with Crippen LogP contribution in [0.1, 0.15) is 28.8 Å². The van der Waals surface area contributed by atoms with Gasteiger partial charge in [0.15, 0.2) is 0 Å². The number of carbonyl (C=O) groups excluding carboxylic acids is 2. The van der Waals surface area contributed by atoms with Crippen LogP contribution in [0.4, 0.5) is 16.0 Å². The number of carbonyl (C=O) groups is 2. The standard InChI is InChI=1S/C26H25FN6O2/c1-32-10-11-33(15-23(32)34)25(35)17-8-9-20(24(28)16-6-7-16)22(12-17)31-26-29-13-18(14-30-26)19-4-2-3-5-21(19)27/h2-5,8-9,12-14,16,28H,6-7,10-11,15H2,1H3,(H,29,30,31). The van der Waals surface area contributed by atoms with Crippen molar-refractivity contribution in [3.63, 3.8) is 0 Å². The van der Waals surface area contributed by atoms with Crippen molar-refractivity contribution in [2.24, 2.45) is 5.92 Å². The van der Waals surface area contributed by atoms with E-state index in [1.54, 1.807) is 48.3 Å². The lowest BCUT2D eigenvalue weighted by Crippen LogP contribution is -2.50. The molecule has 2 fully saturated rings. The Morgan fingerprint density at radius 2 is 1.86 bits per heavy atom. The van der Waals surface area contributed by atoms with Crippen molar-refractivity contribution in [2.75, 3.05) is 32.0 Å². The Bertz CT molecular complexity index is 1310. The second-order valence-corrected chi connectivity index (χ2v) is 8.89. The lowest BCUT2D eigenvalue weighted by molar-refractivity contribution is -0.133. The minimum Gasteiger partial charge on any atom is -0.342 e. The van der Waals surface area contributed by atoms with Crippen LogP contribution in [0, 0.1) is 17.1 Å². The third kappa shape index (κ3) is 4.75. The first-order valence-corrected chi connectivity index (χ1v) is 11.5. The van der Waals surface area contributed by atoms with Crippen LogP contribution in [0.15, 0.2) is 54.9 Å². The molecular weight excluding hydrogens is 447 g/mol. The van der Waals surface area contributed by atoms with Crippen LogP contribution in [0.3, 0.4) is 0 Å². The minimum atomic E-state index is -0.356. The maximum Gasteiger partial charge on any atom is 0.254 e. The molecule has 5 rings (SSSR count). The van der Waals surface area contributed by atoms with Crippen LogP contribution < -0.4 is 5.32 Å². The zero-order valence-corrected chi connectivity index (χ0v) is 19.3. The van der Waals surface area contributed by atoms with E-state index in [1.165, 1.54) is 23.4 Å². The van der Waals surface area contributed by atoms with Crippen LogP contribution in [-0.4, -0.2) is 64.0 Å². The molecule has 1 aliphatic carbocycles. The zero-order chi connectivity index (χ0) is 24.5. The largest absolute Gasteiger partial charge is 0.342 e. The number of likely N-dealkylation sites (N-methyl/N-ethyl adjacent to an activating group) is 1. The normalized spacial score (nSPS) is 15.8. The average Bonchev–Trinajstić information content (AvgIpc) is 3.71. The molecule has 2 aliphatic rings. The number of anilines is 2. The van der Waals surface area contributed by atoms with Crippen molar-refractivity contribution in [2.45, 2.75) is 12.8 Å². The summed E-state index contributed by atoms with van der Waals surface area (Å²) in [7, 11) is 1.72. The first kappa shape index (κ1) is 22.6. The summed E-state index contributed by atoms with van der Waals surface area (Å²) in [5.41, 5.74) is 3.10. The molecule has 3 aromatic rings. The number of benzene rings is 2. The van der Waals surface area contributed by atoms with Crippen molar-refractivity contribution in [1.82, 2.24) is 19.8 Å². The van der Waals surface area contributed by atoms with E-state index in [-0.39, 0.29) is 36.0 Å². The molecule has 2 N–H and O–H groups in total. The van der Waals surface area contributed by atoms with E-state index < -0.39 is 0 Å². The van der Waals surface area contributed by atoms with Gasteiger partial charge < -0.3 is 20.5 Å². The summed E-state index contributed by atoms with van der Waals surface area (Å²) in [6.45, 7) is 0.991. The molecule has 2 amide bonds. The molecule has 0 radical (unpaired) electrons.